The van der Waals surface area contributed by atoms with Crippen LogP contribution in [0.1, 0.15) is 106 Å². The predicted octanol–water partition coefficient (Wildman–Crippen LogP) is 7.60. The summed E-state index contributed by atoms with van der Waals surface area (Å²) in [6.45, 7) is 20.3. The average molecular weight is 606 g/mol. The van der Waals surface area contributed by atoms with Gasteiger partial charge in [0.1, 0.15) is 0 Å². The van der Waals surface area contributed by atoms with Crippen molar-refractivity contribution >= 4 is 11.7 Å². The molecule has 6 rings (SSSR count). The molecule has 5 fully saturated rings. The molecule has 5 heteroatoms. The van der Waals surface area contributed by atoms with Crippen LogP contribution in [0.5, 0.6) is 0 Å². The number of hydrogen-bond acceptors (Lipinski definition) is 4. The van der Waals surface area contributed by atoms with E-state index in [0.29, 0.717) is 47.0 Å². The second-order valence-electron chi connectivity index (χ2n) is 17.7. The van der Waals surface area contributed by atoms with Crippen LogP contribution >= 0.6 is 0 Å². The second-order valence-corrected chi connectivity index (χ2v) is 17.7. The zero-order valence-corrected chi connectivity index (χ0v) is 29.1. The van der Waals surface area contributed by atoms with Crippen LogP contribution in [0.4, 0.5) is 5.69 Å². The standard InChI is InChI=1S/C39H61N2O3/c1-26(2)28-12-19-39(25-44-33(43)24-41-22-15-27(16-23-41)40(8)9)21-20-37(6)29(34(28)39)10-11-31-36(5)17-14-32(42)35(3,4)30(36)13-18-38(31,37)7/h15-16,22-23,28-32,34,42H,1,10-14,17-21,24-25H2,2-9H3/q+1/t28-,29+,30-,31+,32-,34+,36-,37+,38+,39+/m0/s1. The lowest BCUT2D eigenvalue weighted by molar-refractivity contribution is -0.685. The highest BCUT2D eigenvalue weighted by atomic mass is 16.5. The Bertz CT molecular complexity index is 1270. The van der Waals surface area contributed by atoms with E-state index in [-0.39, 0.29) is 34.9 Å². The highest BCUT2D eigenvalue weighted by Crippen LogP contribution is 2.77. The first-order valence-corrected chi connectivity index (χ1v) is 17.7. The lowest BCUT2D eigenvalue weighted by Gasteiger charge is -2.73. The number of aliphatic hydroxyl groups excluding tert-OH is 1. The molecular weight excluding hydrogens is 544 g/mol. The molecule has 0 amide bonds. The van der Waals surface area contributed by atoms with E-state index in [0.717, 1.165) is 31.4 Å². The molecule has 5 aliphatic rings. The number of rotatable bonds is 6. The maximum atomic E-state index is 13.2. The molecule has 5 nitrogen and oxygen atoms in total. The van der Waals surface area contributed by atoms with Crippen LogP contribution in [-0.2, 0) is 16.1 Å². The van der Waals surface area contributed by atoms with Crippen LogP contribution < -0.4 is 9.47 Å². The van der Waals surface area contributed by atoms with Gasteiger partial charge in [-0.3, -0.25) is 0 Å². The number of allylic oxidation sites excluding steroid dienone is 1. The normalized spacial score (nSPS) is 44.0. The predicted molar refractivity (Wildman–Crippen MR) is 177 cm³/mol. The van der Waals surface area contributed by atoms with Crippen molar-refractivity contribution in [3.05, 3.63) is 36.7 Å². The first kappa shape index (κ1) is 32.1. The zero-order chi connectivity index (χ0) is 31.9. The molecule has 0 spiro atoms. The average Bonchev–Trinajstić information content (AvgIpc) is 3.35. The monoisotopic (exact) mass is 605 g/mol. The van der Waals surface area contributed by atoms with Crippen molar-refractivity contribution in [3.63, 3.8) is 0 Å². The van der Waals surface area contributed by atoms with Crippen LogP contribution in [0.25, 0.3) is 0 Å². The quantitative estimate of drug-likeness (QED) is 0.206. The van der Waals surface area contributed by atoms with Gasteiger partial charge in [0.25, 0.3) is 0 Å². The van der Waals surface area contributed by atoms with E-state index < -0.39 is 0 Å². The summed E-state index contributed by atoms with van der Waals surface area (Å²) < 4.78 is 8.17. The molecule has 1 aromatic rings. The highest BCUT2D eigenvalue weighted by molar-refractivity contribution is 5.67. The smallest absolute Gasteiger partial charge is 0.372 e. The number of fused-ring (bicyclic) bond motifs is 7. The SMILES string of the molecule is C=C(C)[C@@H]1CC[C@]2(COC(=O)C[n+]3ccc(N(C)C)cc3)CC[C@]3(C)[C@H](CC[C@@H]4[C@@]5(C)CC[C@H](O)C(C)(C)[C@@H]5CC[C@]43C)[C@@H]12. The summed E-state index contributed by atoms with van der Waals surface area (Å²) in [4.78, 5) is 15.3. The summed E-state index contributed by atoms with van der Waals surface area (Å²) in [5.74, 6) is 2.85. The Labute approximate surface area is 267 Å². The minimum atomic E-state index is -0.180. The zero-order valence-electron chi connectivity index (χ0n) is 29.1. The molecule has 1 aromatic heterocycles. The van der Waals surface area contributed by atoms with Crippen molar-refractivity contribution < 1.29 is 19.2 Å². The Morgan fingerprint density at radius 1 is 0.932 bits per heavy atom. The van der Waals surface area contributed by atoms with E-state index in [1.54, 1.807) is 0 Å². The molecule has 10 atom stereocenters. The van der Waals surface area contributed by atoms with E-state index >= 15 is 0 Å². The maximum absolute atomic E-state index is 13.2. The van der Waals surface area contributed by atoms with Crippen molar-refractivity contribution in [3.8, 4) is 0 Å². The minimum absolute atomic E-state index is 0.0130. The summed E-state index contributed by atoms with van der Waals surface area (Å²) in [6, 6.07) is 4.08. The summed E-state index contributed by atoms with van der Waals surface area (Å²) in [7, 11) is 4.05. The number of carbonyl (C=O) groups excluding carboxylic acids is 1. The number of nitrogens with zero attached hydrogens (tertiary/aromatic N) is 2. The fraction of sp³-hybridized carbons (Fsp3) is 0.795. The Hall–Kier alpha value is -1.88. The molecule has 0 aromatic carbocycles. The van der Waals surface area contributed by atoms with Crippen LogP contribution in [0.2, 0.25) is 0 Å². The summed E-state index contributed by atoms with van der Waals surface area (Å²) in [5.41, 5.74) is 3.35. The third-order valence-corrected chi connectivity index (χ3v) is 15.4. The summed E-state index contributed by atoms with van der Waals surface area (Å²) in [6.07, 6.45) is 15.7. The third-order valence-electron chi connectivity index (χ3n) is 15.4. The fourth-order valence-corrected chi connectivity index (χ4v) is 12.8. The van der Waals surface area contributed by atoms with Crippen LogP contribution in [-0.4, -0.2) is 37.9 Å². The number of esters is 1. The molecule has 0 radical (unpaired) electrons. The van der Waals surface area contributed by atoms with E-state index in [2.05, 4.69) is 53.0 Å². The molecule has 5 aliphatic carbocycles. The van der Waals surface area contributed by atoms with Gasteiger partial charge in [0.2, 0.25) is 6.54 Å². The number of hydrogen-bond donors (Lipinski definition) is 1. The van der Waals surface area contributed by atoms with Gasteiger partial charge in [-0.15, -0.1) is 0 Å². The Kier molecular flexibility index (Phi) is 7.91. The van der Waals surface area contributed by atoms with Gasteiger partial charge in [-0.05, 0) is 122 Å². The molecule has 0 saturated heterocycles. The Morgan fingerprint density at radius 2 is 1.64 bits per heavy atom. The van der Waals surface area contributed by atoms with Gasteiger partial charge in [-0.2, -0.15) is 4.57 Å². The molecule has 5 saturated carbocycles. The lowest BCUT2D eigenvalue weighted by atomic mass is 9.32. The first-order chi connectivity index (χ1) is 20.6. The van der Waals surface area contributed by atoms with Crippen molar-refractivity contribution in [2.24, 2.45) is 56.7 Å². The van der Waals surface area contributed by atoms with Crippen molar-refractivity contribution in [2.45, 2.75) is 118 Å². The van der Waals surface area contributed by atoms with E-state index in [1.165, 1.54) is 44.1 Å². The van der Waals surface area contributed by atoms with Crippen molar-refractivity contribution in [1.29, 1.82) is 0 Å². The third kappa shape index (κ3) is 4.63. The number of anilines is 1. The summed E-state index contributed by atoms with van der Waals surface area (Å²) in [5, 5.41) is 11.1. The molecular formula is C39H61N2O3+. The minimum Gasteiger partial charge on any atom is -0.460 e. The van der Waals surface area contributed by atoms with Crippen LogP contribution in [0.3, 0.4) is 0 Å². The van der Waals surface area contributed by atoms with Gasteiger partial charge in [0, 0.05) is 37.3 Å². The van der Waals surface area contributed by atoms with Gasteiger partial charge in [-0.1, -0.05) is 46.8 Å². The van der Waals surface area contributed by atoms with Gasteiger partial charge in [-0.25, -0.2) is 4.79 Å². The number of pyridine rings is 1. The molecule has 0 unspecified atom stereocenters. The number of carbonyl (C=O) groups is 1. The molecule has 1 heterocycles. The topological polar surface area (TPSA) is 53.7 Å². The maximum Gasteiger partial charge on any atom is 0.372 e. The molecule has 0 bridgehead atoms. The largest absolute Gasteiger partial charge is 0.460 e. The molecule has 1 N–H and O–H groups in total. The van der Waals surface area contributed by atoms with E-state index in [9.17, 15) is 9.90 Å². The molecule has 0 aliphatic heterocycles. The lowest BCUT2D eigenvalue weighted by Crippen LogP contribution is -2.66. The van der Waals surface area contributed by atoms with E-state index in [4.69, 9.17) is 4.74 Å². The van der Waals surface area contributed by atoms with Crippen molar-refractivity contribution in [1.82, 2.24) is 0 Å². The Morgan fingerprint density at radius 3 is 2.30 bits per heavy atom. The van der Waals surface area contributed by atoms with Crippen LogP contribution in [0.15, 0.2) is 36.7 Å². The number of aromatic nitrogens is 1. The van der Waals surface area contributed by atoms with Gasteiger partial charge < -0.3 is 14.7 Å². The second kappa shape index (κ2) is 10.8. The molecule has 244 valence electrons. The van der Waals surface area contributed by atoms with Crippen LogP contribution in [0, 0.1) is 56.7 Å². The highest BCUT2D eigenvalue weighted by Gasteiger charge is 2.71. The molecule has 44 heavy (non-hydrogen) atoms. The van der Waals surface area contributed by atoms with E-state index in [1.807, 2.05) is 43.2 Å². The Balaban J connectivity index is 1.24. The fourth-order valence-electron chi connectivity index (χ4n) is 12.8. The van der Waals surface area contributed by atoms with Crippen molar-refractivity contribution in [2.75, 3.05) is 25.6 Å². The van der Waals surface area contributed by atoms with Gasteiger partial charge >= 0.3 is 5.97 Å². The van der Waals surface area contributed by atoms with Gasteiger partial charge in [0.05, 0.1) is 12.7 Å². The summed E-state index contributed by atoms with van der Waals surface area (Å²) >= 11 is 0. The number of ether oxygens (including phenoxy) is 1. The first-order valence-electron chi connectivity index (χ1n) is 17.7. The van der Waals surface area contributed by atoms with Gasteiger partial charge in [0.15, 0.2) is 12.4 Å². The number of aliphatic hydroxyl groups is 1.